The molecule has 110 valence electrons. The van der Waals surface area contributed by atoms with Crippen molar-refractivity contribution in [3.63, 3.8) is 0 Å². The van der Waals surface area contributed by atoms with Crippen molar-refractivity contribution in [3.05, 3.63) is 15.1 Å². The molecule has 5 heteroatoms. The molecule has 2 bridgehead atoms. The van der Waals surface area contributed by atoms with Crippen molar-refractivity contribution >= 4 is 28.4 Å². The van der Waals surface area contributed by atoms with Crippen LogP contribution in [0.5, 0.6) is 0 Å². The van der Waals surface area contributed by atoms with Gasteiger partial charge in [0.05, 0.1) is 21.5 Å². The van der Waals surface area contributed by atoms with Gasteiger partial charge in [0.2, 0.25) is 0 Å². The molecule has 3 rings (SSSR count). The molecule has 0 aliphatic carbocycles. The van der Waals surface area contributed by atoms with E-state index in [4.69, 9.17) is 14.7 Å². The van der Waals surface area contributed by atoms with Crippen LogP contribution in [0.3, 0.4) is 0 Å². The minimum atomic E-state index is 0.351. The third-order valence-corrected chi connectivity index (χ3v) is 5.39. The van der Waals surface area contributed by atoms with E-state index in [9.17, 15) is 0 Å². The van der Waals surface area contributed by atoms with Gasteiger partial charge in [-0.3, -0.25) is 0 Å². The molecular formula is C15H22IN3O. The molecule has 2 aliphatic rings. The number of ether oxygens (including phenoxy) is 1. The van der Waals surface area contributed by atoms with E-state index in [1.165, 1.54) is 16.4 Å². The van der Waals surface area contributed by atoms with E-state index >= 15 is 0 Å². The molecule has 0 saturated carbocycles. The number of nitrogens with zero attached hydrogens (tertiary/aromatic N) is 2. The number of hydrogen-bond donors (Lipinski definition) is 1. The van der Waals surface area contributed by atoms with Crippen LogP contribution in [0.15, 0.2) is 0 Å². The van der Waals surface area contributed by atoms with E-state index in [1.807, 2.05) is 0 Å². The summed E-state index contributed by atoms with van der Waals surface area (Å²) in [5.41, 5.74) is 1.16. The van der Waals surface area contributed by atoms with Gasteiger partial charge in [0, 0.05) is 12.5 Å². The molecule has 2 aliphatic heterocycles. The van der Waals surface area contributed by atoms with Crippen LogP contribution in [0.1, 0.15) is 57.0 Å². The number of anilines is 1. The zero-order chi connectivity index (χ0) is 14.1. The first kappa shape index (κ1) is 14.5. The SMILES string of the molecule is CCCNc1nc(C2CC3CCC2O3)nc(CC)c1I. The average molecular weight is 387 g/mol. The third kappa shape index (κ3) is 2.66. The molecule has 3 heterocycles. The van der Waals surface area contributed by atoms with Gasteiger partial charge in [-0.25, -0.2) is 9.97 Å². The number of aromatic nitrogens is 2. The molecule has 2 saturated heterocycles. The Balaban J connectivity index is 1.90. The van der Waals surface area contributed by atoms with Gasteiger partial charge in [-0.05, 0) is 54.7 Å². The largest absolute Gasteiger partial charge is 0.374 e. The van der Waals surface area contributed by atoms with Crippen LogP contribution in [0, 0.1) is 3.57 Å². The Labute approximate surface area is 134 Å². The predicted molar refractivity (Wildman–Crippen MR) is 88.2 cm³/mol. The van der Waals surface area contributed by atoms with Crippen molar-refractivity contribution < 1.29 is 4.74 Å². The maximum atomic E-state index is 5.96. The summed E-state index contributed by atoms with van der Waals surface area (Å²) in [5.74, 6) is 2.41. The Hall–Kier alpha value is -0.430. The first-order chi connectivity index (χ1) is 9.72. The van der Waals surface area contributed by atoms with Crippen LogP contribution in [-0.4, -0.2) is 28.7 Å². The Kier molecular flexibility index (Phi) is 4.45. The van der Waals surface area contributed by atoms with Crippen LogP contribution < -0.4 is 5.32 Å². The number of rotatable bonds is 5. The smallest absolute Gasteiger partial charge is 0.143 e. The Morgan fingerprint density at radius 1 is 1.30 bits per heavy atom. The van der Waals surface area contributed by atoms with Gasteiger partial charge in [0.15, 0.2) is 0 Å². The number of hydrogen-bond acceptors (Lipinski definition) is 4. The monoisotopic (exact) mass is 387 g/mol. The molecule has 0 spiro atoms. The average Bonchev–Trinajstić information content (AvgIpc) is 3.09. The number of halogens is 1. The topological polar surface area (TPSA) is 47.0 Å². The predicted octanol–water partition coefficient (Wildman–Crippen LogP) is 3.50. The standard InChI is InChI=1S/C15H22IN3O/c1-3-7-17-15-13(16)11(4-2)18-14(19-15)10-8-9-5-6-12(10)20-9/h9-10,12H,3-8H2,1-2H3,(H,17,18,19). The number of fused-ring (bicyclic) bond motifs is 2. The zero-order valence-corrected chi connectivity index (χ0v) is 14.3. The third-order valence-electron chi connectivity index (χ3n) is 4.25. The summed E-state index contributed by atoms with van der Waals surface area (Å²) in [7, 11) is 0. The van der Waals surface area contributed by atoms with Crippen molar-refractivity contribution in [2.75, 3.05) is 11.9 Å². The normalized spacial score (nSPS) is 28.1. The molecule has 1 N–H and O–H groups in total. The highest BCUT2D eigenvalue weighted by Crippen LogP contribution is 2.43. The van der Waals surface area contributed by atoms with Crippen molar-refractivity contribution in [1.82, 2.24) is 9.97 Å². The summed E-state index contributed by atoms with van der Waals surface area (Å²) in [6, 6.07) is 0. The summed E-state index contributed by atoms with van der Waals surface area (Å²) >= 11 is 2.37. The molecule has 3 atom stereocenters. The van der Waals surface area contributed by atoms with E-state index in [2.05, 4.69) is 41.8 Å². The van der Waals surface area contributed by atoms with Crippen molar-refractivity contribution in [1.29, 1.82) is 0 Å². The highest BCUT2D eigenvalue weighted by atomic mass is 127. The van der Waals surface area contributed by atoms with Gasteiger partial charge in [0.1, 0.15) is 11.6 Å². The van der Waals surface area contributed by atoms with E-state index in [-0.39, 0.29) is 0 Å². The fraction of sp³-hybridized carbons (Fsp3) is 0.733. The second-order valence-corrected chi connectivity index (χ2v) is 6.77. The highest BCUT2D eigenvalue weighted by molar-refractivity contribution is 14.1. The molecule has 0 radical (unpaired) electrons. The minimum absolute atomic E-state index is 0.351. The Morgan fingerprint density at radius 2 is 2.15 bits per heavy atom. The first-order valence-corrected chi connectivity index (χ1v) is 8.76. The maximum absolute atomic E-state index is 5.96. The number of aryl methyl sites for hydroxylation is 1. The minimum Gasteiger partial charge on any atom is -0.374 e. The fourth-order valence-corrected chi connectivity index (χ4v) is 4.00. The lowest BCUT2D eigenvalue weighted by Gasteiger charge is -2.19. The van der Waals surface area contributed by atoms with E-state index < -0.39 is 0 Å². The van der Waals surface area contributed by atoms with Crippen LogP contribution in [0.4, 0.5) is 5.82 Å². The summed E-state index contributed by atoms with van der Waals surface area (Å²) in [6.45, 7) is 5.30. The van der Waals surface area contributed by atoms with Crippen molar-refractivity contribution in [3.8, 4) is 0 Å². The molecule has 0 aromatic carbocycles. The lowest BCUT2D eigenvalue weighted by molar-refractivity contribution is 0.0998. The maximum Gasteiger partial charge on any atom is 0.143 e. The van der Waals surface area contributed by atoms with Gasteiger partial charge in [-0.1, -0.05) is 13.8 Å². The molecular weight excluding hydrogens is 365 g/mol. The summed E-state index contributed by atoms with van der Waals surface area (Å²) in [4.78, 5) is 9.63. The van der Waals surface area contributed by atoms with Gasteiger partial charge in [0.25, 0.3) is 0 Å². The Bertz CT molecular complexity index is 494. The van der Waals surface area contributed by atoms with Crippen molar-refractivity contribution in [2.45, 2.75) is 64.1 Å². The van der Waals surface area contributed by atoms with Crippen molar-refractivity contribution in [2.24, 2.45) is 0 Å². The van der Waals surface area contributed by atoms with E-state index in [1.54, 1.807) is 0 Å². The quantitative estimate of drug-likeness (QED) is 0.786. The van der Waals surface area contributed by atoms with E-state index in [0.29, 0.717) is 18.1 Å². The first-order valence-electron chi connectivity index (χ1n) is 7.68. The second kappa shape index (κ2) is 6.13. The van der Waals surface area contributed by atoms with Crippen LogP contribution in [0.25, 0.3) is 0 Å². The molecule has 1 aromatic rings. The summed E-state index contributed by atoms with van der Waals surface area (Å²) in [6.07, 6.45) is 6.34. The molecule has 3 unspecified atom stereocenters. The summed E-state index contributed by atoms with van der Waals surface area (Å²) < 4.78 is 7.13. The van der Waals surface area contributed by atoms with Gasteiger partial charge < -0.3 is 10.1 Å². The highest BCUT2D eigenvalue weighted by Gasteiger charge is 2.43. The van der Waals surface area contributed by atoms with Gasteiger partial charge >= 0.3 is 0 Å². The lowest BCUT2D eigenvalue weighted by Crippen LogP contribution is -2.19. The van der Waals surface area contributed by atoms with Crippen LogP contribution in [0.2, 0.25) is 0 Å². The fourth-order valence-electron chi connectivity index (χ4n) is 3.18. The van der Waals surface area contributed by atoms with E-state index in [0.717, 1.165) is 43.1 Å². The molecule has 2 fully saturated rings. The van der Waals surface area contributed by atoms with Crippen LogP contribution >= 0.6 is 22.6 Å². The zero-order valence-electron chi connectivity index (χ0n) is 12.2. The van der Waals surface area contributed by atoms with Gasteiger partial charge in [-0.15, -0.1) is 0 Å². The second-order valence-electron chi connectivity index (χ2n) is 5.69. The molecule has 4 nitrogen and oxygen atoms in total. The Morgan fingerprint density at radius 3 is 2.75 bits per heavy atom. The number of nitrogens with one attached hydrogen (secondary N) is 1. The summed E-state index contributed by atoms with van der Waals surface area (Å²) in [5, 5.41) is 3.45. The molecule has 0 amide bonds. The van der Waals surface area contributed by atoms with Gasteiger partial charge in [-0.2, -0.15) is 0 Å². The molecule has 20 heavy (non-hydrogen) atoms. The molecule has 1 aromatic heterocycles. The van der Waals surface area contributed by atoms with Crippen LogP contribution in [-0.2, 0) is 11.2 Å². The lowest BCUT2D eigenvalue weighted by atomic mass is 9.88.